The molecule has 0 bridgehead atoms. The highest BCUT2D eigenvalue weighted by atomic mass is 31.2. The van der Waals surface area contributed by atoms with Gasteiger partial charge in [0, 0.05) is 5.57 Å². The van der Waals surface area contributed by atoms with Crippen molar-refractivity contribution in [1.29, 1.82) is 0 Å². The topological polar surface area (TPSA) is 72.8 Å². The van der Waals surface area contributed by atoms with Crippen molar-refractivity contribution in [2.75, 3.05) is 27.7 Å². The maximum Gasteiger partial charge on any atom is 0.473 e. The molecule has 0 rings (SSSR count). The number of carbonyl (C=O) groups is 1. The second-order valence-electron chi connectivity index (χ2n) is 6.58. The minimum absolute atomic E-state index is 0.393. The van der Waals surface area contributed by atoms with E-state index in [9.17, 15) is 14.3 Å². The van der Waals surface area contributed by atoms with Crippen molar-refractivity contribution in [3.63, 3.8) is 0 Å². The number of likely N-dealkylation sites (N-methyl/N-ethyl adjacent to an activating group) is 1. The Labute approximate surface area is 121 Å². The molecule has 7 heteroatoms. The first-order chi connectivity index (χ1) is 8.67. The Kier molecular flexibility index (Phi) is 5.92. The molecule has 0 aromatic heterocycles. The highest BCUT2D eigenvalue weighted by molar-refractivity contribution is 7.47. The molecule has 0 aliphatic rings. The summed E-state index contributed by atoms with van der Waals surface area (Å²) in [5, 5.41) is 0. The quantitative estimate of drug-likeness (QED) is 0.322. The molecule has 1 unspecified atom stereocenters. The van der Waals surface area contributed by atoms with Crippen molar-refractivity contribution >= 4 is 14.1 Å². The molecule has 0 aliphatic carbocycles. The molecule has 0 aliphatic heterocycles. The number of nitrogens with zero attached hydrogens (tertiary/aromatic N) is 1. The second-order valence-corrected chi connectivity index (χ2v) is 7.96. The molecule has 1 atom stereocenters. The van der Waals surface area contributed by atoms with Gasteiger partial charge in [-0.1, -0.05) is 6.58 Å². The molecule has 20 heavy (non-hydrogen) atoms. The molecule has 6 nitrogen and oxygen atoms in total. The molecule has 0 aromatic carbocycles. The summed E-state index contributed by atoms with van der Waals surface area (Å²) in [6, 6.07) is 0. The number of quaternary nitrogens is 1. The molecule has 0 radical (unpaired) electrons. The Hall–Kier alpha value is -0.520. The smallest absolute Gasteiger partial charge is 0.323 e. The first-order valence-corrected chi connectivity index (χ1v) is 7.80. The van der Waals surface area contributed by atoms with Crippen LogP contribution in [-0.2, 0) is 18.4 Å². The third kappa shape index (κ3) is 4.79. The summed E-state index contributed by atoms with van der Waals surface area (Å²) in [7, 11) is 1.70. The van der Waals surface area contributed by atoms with E-state index in [0.717, 1.165) is 0 Å². The van der Waals surface area contributed by atoms with Gasteiger partial charge in [0.05, 0.1) is 21.1 Å². The van der Waals surface area contributed by atoms with E-state index in [1.165, 1.54) is 0 Å². The van der Waals surface area contributed by atoms with Crippen molar-refractivity contribution in [2.45, 2.75) is 38.8 Å². The zero-order valence-corrected chi connectivity index (χ0v) is 14.4. The Morgan fingerprint density at radius 2 is 1.75 bits per heavy atom. The highest BCUT2D eigenvalue weighted by Crippen LogP contribution is 2.50. The minimum Gasteiger partial charge on any atom is -0.323 e. The number of aldehydes is 1. The van der Waals surface area contributed by atoms with E-state index in [0.29, 0.717) is 16.3 Å². The molecule has 0 amide bonds. The van der Waals surface area contributed by atoms with Crippen LogP contribution in [0, 0.1) is 0 Å². The SMILES string of the molecule is C=C(C(C)(C)OP(=O)(O)OCC=O)C(C)(C)[N+](C)(C)C. The van der Waals surface area contributed by atoms with E-state index in [-0.39, 0.29) is 0 Å². The lowest BCUT2D eigenvalue weighted by atomic mass is 9.82. The summed E-state index contributed by atoms with van der Waals surface area (Å²) in [5.41, 5.74) is -0.822. The lowest BCUT2D eigenvalue weighted by Gasteiger charge is -2.46. The van der Waals surface area contributed by atoms with Crippen LogP contribution in [0.2, 0.25) is 0 Å². The number of phosphoric ester groups is 1. The van der Waals surface area contributed by atoms with Crippen LogP contribution in [0.5, 0.6) is 0 Å². The van der Waals surface area contributed by atoms with Gasteiger partial charge in [0.25, 0.3) is 0 Å². The van der Waals surface area contributed by atoms with E-state index >= 15 is 0 Å². The fourth-order valence-corrected chi connectivity index (χ4v) is 2.62. The summed E-state index contributed by atoms with van der Waals surface area (Å²) >= 11 is 0. The van der Waals surface area contributed by atoms with Gasteiger partial charge < -0.3 is 14.2 Å². The van der Waals surface area contributed by atoms with E-state index in [1.54, 1.807) is 13.8 Å². The van der Waals surface area contributed by atoms with Crippen LogP contribution in [0.4, 0.5) is 0 Å². The van der Waals surface area contributed by atoms with E-state index in [2.05, 4.69) is 11.1 Å². The minimum atomic E-state index is -4.31. The van der Waals surface area contributed by atoms with Gasteiger partial charge in [-0.15, -0.1) is 0 Å². The zero-order chi connectivity index (χ0) is 16.4. The molecular weight excluding hydrogens is 281 g/mol. The molecule has 0 saturated heterocycles. The van der Waals surface area contributed by atoms with Crippen LogP contribution in [0.15, 0.2) is 12.2 Å². The van der Waals surface area contributed by atoms with Crippen LogP contribution < -0.4 is 0 Å². The van der Waals surface area contributed by atoms with Crippen LogP contribution in [0.25, 0.3) is 0 Å². The van der Waals surface area contributed by atoms with Crippen LogP contribution in [0.3, 0.4) is 0 Å². The van der Waals surface area contributed by atoms with Gasteiger partial charge in [-0.3, -0.25) is 9.05 Å². The number of phosphoric acid groups is 1. The first-order valence-electron chi connectivity index (χ1n) is 6.30. The van der Waals surface area contributed by atoms with Gasteiger partial charge in [0.15, 0.2) is 0 Å². The van der Waals surface area contributed by atoms with Crippen molar-refractivity contribution in [1.82, 2.24) is 0 Å². The van der Waals surface area contributed by atoms with Gasteiger partial charge in [-0.2, -0.15) is 0 Å². The molecule has 0 saturated carbocycles. The lowest BCUT2D eigenvalue weighted by Crippen LogP contribution is -2.57. The Balaban J connectivity index is 5.20. The highest BCUT2D eigenvalue weighted by Gasteiger charge is 2.46. The van der Waals surface area contributed by atoms with Crippen molar-refractivity contribution < 1.29 is 27.8 Å². The number of hydrogen-bond acceptors (Lipinski definition) is 4. The summed E-state index contributed by atoms with van der Waals surface area (Å²) < 4.78 is 22.1. The van der Waals surface area contributed by atoms with Gasteiger partial charge in [0.1, 0.15) is 24.0 Å². The predicted octanol–water partition coefficient (Wildman–Crippen LogP) is 2.14. The van der Waals surface area contributed by atoms with Gasteiger partial charge in [-0.25, -0.2) is 4.57 Å². The normalized spacial score (nSPS) is 16.6. The monoisotopic (exact) mass is 308 g/mol. The largest absolute Gasteiger partial charge is 0.473 e. The summed E-state index contributed by atoms with van der Waals surface area (Å²) in [5.74, 6) is 0. The third-order valence-corrected chi connectivity index (χ3v) is 4.95. The average Bonchev–Trinajstić information content (AvgIpc) is 2.22. The van der Waals surface area contributed by atoms with E-state index in [1.807, 2.05) is 35.0 Å². The van der Waals surface area contributed by atoms with Crippen molar-refractivity contribution in [3.05, 3.63) is 12.2 Å². The Morgan fingerprint density at radius 3 is 2.10 bits per heavy atom. The molecule has 0 aromatic rings. The average molecular weight is 308 g/mol. The first kappa shape index (κ1) is 19.5. The number of carbonyl (C=O) groups excluding carboxylic acids is 1. The third-order valence-electron chi connectivity index (χ3n) is 3.79. The summed E-state index contributed by atoms with van der Waals surface area (Å²) in [6.07, 6.45) is 0.393. The van der Waals surface area contributed by atoms with Gasteiger partial charge in [0.2, 0.25) is 0 Å². The molecule has 0 fully saturated rings. The molecular formula is C13H27NO5P+. The summed E-state index contributed by atoms with van der Waals surface area (Å²) in [4.78, 5) is 19.8. The van der Waals surface area contributed by atoms with Crippen molar-refractivity contribution in [2.24, 2.45) is 0 Å². The van der Waals surface area contributed by atoms with Crippen LogP contribution in [0.1, 0.15) is 27.7 Å². The fourth-order valence-electron chi connectivity index (χ4n) is 1.64. The van der Waals surface area contributed by atoms with Crippen LogP contribution >= 0.6 is 7.82 Å². The van der Waals surface area contributed by atoms with Crippen LogP contribution in [-0.4, -0.2) is 54.6 Å². The maximum absolute atomic E-state index is 11.8. The lowest BCUT2D eigenvalue weighted by molar-refractivity contribution is -0.913. The second kappa shape index (κ2) is 6.08. The summed E-state index contributed by atoms with van der Waals surface area (Å²) in [6.45, 7) is 10.8. The zero-order valence-electron chi connectivity index (χ0n) is 13.5. The van der Waals surface area contributed by atoms with E-state index < -0.39 is 25.6 Å². The maximum atomic E-state index is 11.8. The van der Waals surface area contributed by atoms with E-state index in [4.69, 9.17) is 4.52 Å². The Morgan fingerprint density at radius 1 is 1.30 bits per heavy atom. The fraction of sp³-hybridized carbons (Fsp3) is 0.769. The van der Waals surface area contributed by atoms with Gasteiger partial charge >= 0.3 is 7.82 Å². The standard InChI is InChI=1S/C13H26NO5P/c1-11(12(2,3)14(6,7)8)13(4,5)19-20(16,17)18-10-9-15/h9H,1,10H2,2-8H3/p+1. The van der Waals surface area contributed by atoms with Crippen molar-refractivity contribution in [3.8, 4) is 0 Å². The predicted molar refractivity (Wildman–Crippen MR) is 78.3 cm³/mol. The number of hydrogen-bond donors (Lipinski definition) is 1. The number of rotatable bonds is 8. The molecule has 1 N–H and O–H groups in total. The molecule has 118 valence electrons. The molecule has 0 heterocycles. The molecule has 0 spiro atoms. The van der Waals surface area contributed by atoms with Gasteiger partial charge in [-0.05, 0) is 27.7 Å². The Bertz CT molecular complexity index is 423.